The second kappa shape index (κ2) is 25.2. The molecule has 0 rings (SSSR count). The smallest absolute Gasteiger partial charge is 0.346 e. The molecule has 1 nitrogen and oxygen atoms in total. The van der Waals surface area contributed by atoms with Gasteiger partial charge in [-0.2, -0.15) is 6.92 Å². The van der Waals surface area contributed by atoms with Gasteiger partial charge in [-0.3, -0.25) is 0 Å². The van der Waals surface area contributed by atoms with Crippen molar-refractivity contribution in [3.05, 3.63) is 6.92 Å². The maximum atomic E-state index is 3.25. The van der Waals surface area contributed by atoms with Gasteiger partial charge in [0.2, 0.25) is 0 Å². The predicted molar refractivity (Wildman–Crippen MR) is 41.0 cm³/mol. The molecule has 0 aromatic carbocycles. The largest absolute Gasteiger partial charge is 2.00 e. The maximum absolute atomic E-state index is 3.25. The van der Waals surface area contributed by atoms with E-state index in [1.54, 1.807) is 6.92 Å². The Morgan fingerprint density at radius 3 is 1.38 bits per heavy atom. The molecule has 0 fully saturated rings. The van der Waals surface area contributed by atoms with Gasteiger partial charge in [-0.05, 0) is 13.1 Å². The fourth-order valence-corrected chi connectivity index (χ4v) is 0.250. The van der Waals surface area contributed by atoms with Crippen LogP contribution >= 0.6 is 0 Å². The molecule has 0 atom stereocenters. The van der Waals surface area contributed by atoms with E-state index in [-0.39, 0.29) is 23.1 Å². The van der Waals surface area contributed by atoms with Crippen molar-refractivity contribution in [2.45, 2.75) is 20.8 Å². The summed E-state index contributed by atoms with van der Waals surface area (Å²) in [5, 5.41) is 3.11. The van der Waals surface area contributed by atoms with Gasteiger partial charge in [0, 0.05) is 0 Å². The zero-order valence-electron chi connectivity index (χ0n) is 6.33. The minimum atomic E-state index is 0. The number of nitrogens with one attached hydrogen (secondary N) is 1. The summed E-state index contributed by atoms with van der Waals surface area (Å²) in [5.74, 6) is 0. The van der Waals surface area contributed by atoms with Crippen molar-refractivity contribution in [2.24, 2.45) is 0 Å². The molecule has 0 aliphatic rings. The average Bonchev–Trinajstić information content (AvgIpc) is 1.75. The summed E-state index contributed by atoms with van der Waals surface area (Å²) < 4.78 is 0. The molecule has 0 aliphatic carbocycles. The van der Waals surface area contributed by atoms with Gasteiger partial charge < -0.3 is 12.2 Å². The first kappa shape index (κ1) is 15.9. The number of rotatable bonds is 2. The van der Waals surface area contributed by atoms with Crippen LogP contribution in [0.4, 0.5) is 0 Å². The van der Waals surface area contributed by atoms with Crippen LogP contribution in [-0.4, -0.2) is 36.1 Å². The Morgan fingerprint density at radius 1 is 1.12 bits per heavy atom. The molecule has 0 unspecified atom stereocenters. The van der Waals surface area contributed by atoms with Gasteiger partial charge in [-0.15, -0.1) is 0 Å². The van der Waals surface area contributed by atoms with Gasteiger partial charge >= 0.3 is 23.1 Å². The van der Waals surface area contributed by atoms with Gasteiger partial charge in [0.05, 0.1) is 0 Å². The SMILES string of the molecule is CCNCC.[CH2-]C.[Mg+2]. The Balaban J connectivity index is -0.0000000750. The van der Waals surface area contributed by atoms with Crippen LogP contribution < -0.4 is 5.32 Å². The summed E-state index contributed by atoms with van der Waals surface area (Å²) in [5.41, 5.74) is 0. The normalized spacial score (nSPS) is 6.00. The maximum Gasteiger partial charge on any atom is 2.00 e. The van der Waals surface area contributed by atoms with Crippen molar-refractivity contribution >= 4 is 23.1 Å². The van der Waals surface area contributed by atoms with Crippen LogP contribution in [0.15, 0.2) is 0 Å². The van der Waals surface area contributed by atoms with Crippen LogP contribution in [0.3, 0.4) is 0 Å². The van der Waals surface area contributed by atoms with Crippen LogP contribution in [0, 0.1) is 6.92 Å². The first-order valence-electron chi connectivity index (χ1n) is 2.83. The second-order valence-corrected chi connectivity index (χ2v) is 0.957. The van der Waals surface area contributed by atoms with E-state index < -0.39 is 0 Å². The van der Waals surface area contributed by atoms with Crippen molar-refractivity contribution in [1.29, 1.82) is 0 Å². The molecule has 0 saturated heterocycles. The summed E-state index contributed by atoms with van der Waals surface area (Å²) >= 11 is 0. The molecule has 0 bridgehead atoms. The molecule has 1 N–H and O–H groups in total. The van der Waals surface area contributed by atoms with Crippen molar-refractivity contribution < 1.29 is 0 Å². The predicted octanol–water partition coefficient (Wildman–Crippen LogP) is 1.08. The average molecular weight is 127 g/mol. The molecule has 0 aromatic heterocycles. The first-order valence-corrected chi connectivity index (χ1v) is 2.83. The van der Waals surface area contributed by atoms with E-state index in [9.17, 15) is 0 Å². The summed E-state index contributed by atoms with van der Waals surface area (Å²) in [6.45, 7) is 11.4. The van der Waals surface area contributed by atoms with Crippen molar-refractivity contribution in [3.63, 3.8) is 0 Å². The molecule has 46 valence electrons. The summed E-state index contributed by atoms with van der Waals surface area (Å²) in [7, 11) is 0. The number of hydrogen-bond acceptors (Lipinski definition) is 1. The molecule has 0 heterocycles. The van der Waals surface area contributed by atoms with Gasteiger partial charge in [-0.25, -0.2) is 0 Å². The fraction of sp³-hybridized carbons (Fsp3) is 0.833. The molecule has 0 spiro atoms. The molecule has 0 saturated carbocycles. The van der Waals surface area contributed by atoms with E-state index in [1.807, 2.05) is 0 Å². The third-order valence-corrected chi connectivity index (χ3v) is 0.500. The second-order valence-electron chi connectivity index (χ2n) is 0.957. The third-order valence-electron chi connectivity index (χ3n) is 0.500. The zero-order chi connectivity index (χ0) is 6.12. The van der Waals surface area contributed by atoms with Crippen LogP contribution in [0.2, 0.25) is 0 Å². The molecule has 0 amide bonds. The molecule has 0 aromatic rings. The minimum absolute atomic E-state index is 0. The van der Waals surface area contributed by atoms with Crippen molar-refractivity contribution in [3.8, 4) is 0 Å². The molecule has 0 radical (unpaired) electrons. The minimum Gasteiger partial charge on any atom is -0.346 e. The Hall–Kier alpha value is 0.726. The first-order chi connectivity index (χ1) is 3.41. The Labute approximate surface area is 69.4 Å². The van der Waals surface area contributed by atoms with E-state index in [0.717, 1.165) is 13.1 Å². The molecular weight excluding hydrogens is 110 g/mol. The summed E-state index contributed by atoms with van der Waals surface area (Å²) in [6, 6.07) is 0. The van der Waals surface area contributed by atoms with Gasteiger partial charge in [0.1, 0.15) is 0 Å². The summed E-state index contributed by atoms with van der Waals surface area (Å²) in [4.78, 5) is 0. The van der Waals surface area contributed by atoms with Crippen LogP contribution in [-0.2, 0) is 0 Å². The molecular formula is C6H16MgN+. The van der Waals surface area contributed by atoms with E-state index >= 15 is 0 Å². The van der Waals surface area contributed by atoms with Crippen LogP contribution in [0.5, 0.6) is 0 Å². The summed E-state index contributed by atoms with van der Waals surface area (Å²) in [6.07, 6.45) is 0. The zero-order valence-corrected chi connectivity index (χ0v) is 7.74. The van der Waals surface area contributed by atoms with Crippen LogP contribution in [0.1, 0.15) is 20.8 Å². The molecule has 0 aliphatic heterocycles. The van der Waals surface area contributed by atoms with E-state index in [2.05, 4.69) is 26.1 Å². The van der Waals surface area contributed by atoms with Gasteiger partial charge in [0.25, 0.3) is 0 Å². The standard InChI is InChI=1S/C4H11N.C2H5.Mg/c1-3-5-4-2;1-2;/h5H,3-4H2,1-2H3;1H2,2H3;/q;-1;+2. The monoisotopic (exact) mass is 126 g/mol. The molecule has 2 heteroatoms. The topological polar surface area (TPSA) is 12.0 Å². The van der Waals surface area contributed by atoms with E-state index in [1.165, 1.54) is 0 Å². The van der Waals surface area contributed by atoms with Gasteiger partial charge in [0.15, 0.2) is 0 Å². The van der Waals surface area contributed by atoms with E-state index in [4.69, 9.17) is 0 Å². The fourth-order valence-electron chi connectivity index (χ4n) is 0.250. The van der Waals surface area contributed by atoms with Crippen molar-refractivity contribution in [2.75, 3.05) is 13.1 Å². The van der Waals surface area contributed by atoms with Crippen molar-refractivity contribution in [1.82, 2.24) is 5.32 Å². The third kappa shape index (κ3) is 29.7. The van der Waals surface area contributed by atoms with Crippen LogP contribution in [0.25, 0.3) is 0 Å². The Kier molecular flexibility index (Phi) is 50.0. The Morgan fingerprint density at radius 2 is 1.38 bits per heavy atom. The van der Waals surface area contributed by atoms with E-state index in [0.29, 0.717) is 0 Å². The quantitative estimate of drug-likeness (QED) is 0.431. The van der Waals surface area contributed by atoms with Gasteiger partial charge in [-0.1, -0.05) is 13.8 Å². The molecule has 8 heavy (non-hydrogen) atoms. The number of hydrogen-bond donors (Lipinski definition) is 1. The Bertz CT molecular complexity index is 16.0.